The molecule has 4 aromatic rings. The fourth-order valence-electron chi connectivity index (χ4n) is 4.43. The second-order valence-electron chi connectivity index (χ2n) is 8.58. The van der Waals surface area contributed by atoms with E-state index < -0.39 is 23.5 Å². The fourth-order valence-corrected chi connectivity index (χ4v) is 5.46. The monoisotopic (exact) mass is 498 g/mol. The average Bonchev–Trinajstić information content (AvgIpc) is 3.41. The average molecular weight is 499 g/mol. The highest BCUT2D eigenvalue weighted by Crippen LogP contribution is 2.41. The standard InChI is InChI=1S/C29H23FN2O3S/c1-18-27(36-28(31-18)21-10-6-3-7-11-21)25(33)23-24(20-8-4-2-5-9-20)32(29(35)26(23)34)17-16-19-12-14-22(30)15-13-19/h2-15,24,34H,16-17H2,1H3. The Morgan fingerprint density at radius 3 is 2.31 bits per heavy atom. The summed E-state index contributed by atoms with van der Waals surface area (Å²) in [7, 11) is 0. The van der Waals surface area contributed by atoms with Crippen LogP contribution in [0.5, 0.6) is 0 Å². The van der Waals surface area contributed by atoms with Crippen LogP contribution in [0.15, 0.2) is 96.3 Å². The van der Waals surface area contributed by atoms with Gasteiger partial charge in [0.15, 0.2) is 5.76 Å². The zero-order chi connectivity index (χ0) is 25.2. The quantitative estimate of drug-likeness (QED) is 0.314. The number of amides is 1. The molecule has 180 valence electrons. The van der Waals surface area contributed by atoms with E-state index in [9.17, 15) is 19.1 Å². The van der Waals surface area contributed by atoms with E-state index in [1.807, 2.05) is 60.7 Å². The Morgan fingerprint density at radius 2 is 1.64 bits per heavy atom. The van der Waals surface area contributed by atoms with Crippen LogP contribution in [0.1, 0.15) is 32.5 Å². The van der Waals surface area contributed by atoms with Gasteiger partial charge in [-0.25, -0.2) is 9.37 Å². The highest BCUT2D eigenvalue weighted by molar-refractivity contribution is 7.17. The summed E-state index contributed by atoms with van der Waals surface area (Å²) in [5, 5.41) is 11.6. The predicted octanol–water partition coefficient (Wildman–Crippen LogP) is 6.08. The molecule has 0 saturated heterocycles. The number of benzene rings is 3. The number of aryl methyl sites for hydroxylation is 1. The summed E-state index contributed by atoms with van der Waals surface area (Å²) < 4.78 is 13.3. The van der Waals surface area contributed by atoms with E-state index in [1.165, 1.54) is 28.4 Å². The van der Waals surface area contributed by atoms with Crippen LogP contribution in [0, 0.1) is 12.7 Å². The van der Waals surface area contributed by atoms with Crippen molar-refractivity contribution in [2.24, 2.45) is 0 Å². The molecule has 1 aliphatic heterocycles. The molecule has 7 heteroatoms. The van der Waals surface area contributed by atoms with Crippen molar-refractivity contribution in [2.75, 3.05) is 6.54 Å². The zero-order valence-electron chi connectivity index (χ0n) is 19.5. The van der Waals surface area contributed by atoms with Gasteiger partial charge in [0.05, 0.1) is 22.2 Å². The SMILES string of the molecule is Cc1nc(-c2ccccc2)sc1C(=O)C1=C(O)C(=O)N(CCc2ccc(F)cc2)C1c1ccccc1. The van der Waals surface area contributed by atoms with Gasteiger partial charge in [-0.1, -0.05) is 72.8 Å². The number of thiazole rings is 1. The molecule has 1 aliphatic rings. The van der Waals surface area contributed by atoms with E-state index >= 15 is 0 Å². The van der Waals surface area contributed by atoms with Gasteiger partial charge < -0.3 is 10.0 Å². The number of carbonyl (C=O) groups is 2. The maximum Gasteiger partial charge on any atom is 0.290 e. The molecule has 1 unspecified atom stereocenters. The largest absolute Gasteiger partial charge is 0.503 e. The molecular weight excluding hydrogens is 475 g/mol. The molecule has 0 saturated carbocycles. The number of aliphatic hydroxyl groups is 1. The Balaban J connectivity index is 1.50. The van der Waals surface area contributed by atoms with Crippen LogP contribution in [0.4, 0.5) is 4.39 Å². The number of halogens is 1. The van der Waals surface area contributed by atoms with Crippen molar-refractivity contribution in [2.45, 2.75) is 19.4 Å². The lowest BCUT2D eigenvalue weighted by atomic mass is 9.95. The highest BCUT2D eigenvalue weighted by atomic mass is 32.1. The van der Waals surface area contributed by atoms with Gasteiger partial charge in [-0.2, -0.15) is 0 Å². The lowest BCUT2D eigenvalue weighted by molar-refractivity contribution is -0.129. The molecule has 1 amide bonds. The first-order valence-electron chi connectivity index (χ1n) is 11.5. The molecule has 2 heterocycles. The van der Waals surface area contributed by atoms with Gasteiger partial charge in [0.2, 0.25) is 5.78 Å². The molecule has 5 nitrogen and oxygen atoms in total. The van der Waals surface area contributed by atoms with Crippen LogP contribution in [0.2, 0.25) is 0 Å². The van der Waals surface area contributed by atoms with Gasteiger partial charge in [0.1, 0.15) is 10.8 Å². The number of aliphatic hydroxyl groups excluding tert-OH is 1. The highest BCUT2D eigenvalue weighted by Gasteiger charge is 2.44. The summed E-state index contributed by atoms with van der Waals surface area (Å²) in [6.07, 6.45) is 0.446. The molecule has 0 aliphatic carbocycles. The van der Waals surface area contributed by atoms with Crippen LogP contribution in [0.3, 0.4) is 0 Å². The molecule has 1 atom stereocenters. The van der Waals surface area contributed by atoms with Crippen LogP contribution >= 0.6 is 11.3 Å². The summed E-state index contributed by atoms with van der Waals surface area (Å²) in [5.41, 5.74) is 3.07. The molecule has 0 bridgehead atoms. The number of ketones is 1. The Labute approximate surface area is 212 Å². The molecule has 1 aromatic heterocycles. The maximum atomic E-state index is 13.8. The van der Waals surface area contributed by atoms with Crippen molar-refractivity contribution in [3.63, 3.8) is 0 Å². The predicted molar refractivity (Wildman–Crippen MR) is 137 cm³/mol. The van der Waals surface area contributed by atoms with Crippen LogP contribution in [-0.4, -0.2) is 33.2 Å². The molecule has 0 radical (unpaired) electrons. The number of rotatable bonds is 7. The summed E-state index contributed by atoms with van der Waals surface area (Å²) in [4.78, 5) is 33.5. The summed E-state index contributed by atoms with van der Waals surface area (Å²) in [5.74, 6) is -1.88. The molecule has 3 aromatic carbocycles. The molecule has 5 rings (SSSR count). The number of nitrogens with zero attached hydrogens (tertiary/aromatic N) is 2. The van der Waals surface area contributed by atoms with Crippen LogP contribution in [-0.2, 0) is 11.2 Å². The summed E-state index contributed by atoms with van der Waals surface area (Å²) in [6, 6.07) is 24.1. The van der Waals surface area contributed by atoms with Gasteiger partial charge in [-0.3, -0.25) is 9.59 Å². The lowest BCUT2D eigenvalue weighted by Crippen LogP contribution is -2.33. The van der Waals surface area contributed by atoms with E-state index in [-0.39, 0.29) is 17.9 Å². The Morgan fingerprint density at radius 1 is 1.00 bits per heavy atom. The van der Waals surface area contributed by atoms with E-state index in [1.54, 1.807) is 19.1 Å². The van der Waals surface area contributed by atoms with Crippen molar-refractivity contribution in [1.29, 1.82) is 0 Å². The van der Waals surface area contributed by atoms with Crippen molar-refractivity contribution < 1.29 is 19.1 Å². The second-order valence-corrected chi connectivity index (χ2v) is 9.58. The van der Waals surface area contributed by atoms with Gasteiger partial charge in [0.25, 0.3) is 5.91 Å². The van der Waals surface area contributed by atoms with Gasteiger partial charge >= 0.3 is 0 Å². The number of Topliss-reactive ketones (excluding diaryl/α,β-unsaturated/α-hetero) is 1. The van der Waals surface area contributed by atoms with Crippen LogP contribution in [0.25, 0.3) is 10.6 Å². The lowest BCUT2D eigenvalue weighted by Gasteiger charge is -2.27. The molecule has 36 heavy (non-hydrogen) atoms. The number of hydrogen-bond donors (Lipinski definition) is 1. The van der Waals surface area contributed by atoms with Crippen LogP contribution < -0.4 is 0 Å². The summed E-state index contributed by atoms with van der Waals surface area (Å²) in [6.45, 7) is 2.01. The maximum absolute atomic E-state index is 13.8. The minimum Gasteiger partial charge on any atom is -0.503 e. The van der Waals surface area contributed by atoms with Crippen molar-refractivity contribution in [3.05, 3.63) is 124 Å². The minimum atomic E-state index is -0.742. The third-order valence-electron chi connectivity index (χ3n) is 6.24. The fraction of sp³-hybridized carbons (Fsp3) is 0.138. The van der Waals surface area contributed by atoms with E-state index in [4.69, 9.17) is 0 Å². The normalized spacial score (nSPS) is 15.6. The summed E-state index contributed by atoms with van der Waals surface area (Å²) >= 11 is 1.25. The van der Waals surface area contributed by atoms with Gasteiger partial charge in [-0.15, -0.1) is 11.3 Å². The topological polar surface area (TPSA) is 70.5 Å². The Hall–Kier alpha value is -4.10. The smallest absolute Gasteiger partial charge is 0.290 e. The first-order valence-corrected chi connectivity index (χ1v) is 12.4. The number of aromatic nitrogens is 1. The Bertz CT molecular complexity index is 1450. The zero-order valence-corrected chi connectivity index (χ0v) is 20.3. The minimum absolute atomic E-state index is 0.0525. The Kier molecular flexibility index (Phi) is 6.48. The molecule has 1 N–H and O–H groups in total. The number of hydrogen-bond acceptors (Lipinski definition) is 5. The van der Waals surface area contributed by atoms with E-state index in [0.717, 1.165) is 16.7 Å². The van der Waals surface area contributed by atoms with Gasteiger partial charge in [-0.05, 0) is 36.6 Å². The van der Waals surface area contributed by atoms with Gasteiger partial charge in [0, 0.05) is 12.1 Å². The van der Waals surface area contributed by atoms with E-state index in [2.05, 4.69) is 4.98 Å². The third-order valence-corrected chi connectivity index (χ3v) is 7.45. The molecular formula is C29H23FN2O3S. The molecule has 0 fully saturated rings. The number of carbonyl (C=O) groups excluding carboxylic acids is 2. The second kappa shape index (κ2) is 9.87. The first-order chi connectivity index (χ1) is 17.4. The van der Waals surface area contributed by atoms with Crippen molar-refractivity contribution >= 4 is 23.0 Å². The van der Waals surface area contributed by atoms with Crippen molar-refractivity contribution in [1.82, 2.24) is 9.88 Å². The first kappa shape index (κ1) is 23.6. The molecule has 0 spiro atoms. The van der Waals surface area contributed by atoms with E-state index in [0.29, 0.717) is 22.0 Å². The third kappa shape index (κ3) is 4.45. The van der Waals surface area contributed by atoms with Crippen molar-refractivity contribution in [3.8, 4) is 10.6 Å².